The normalized spacial score (nSPS) is 10.2. The van der Waals surface area contributed by atoms with Crippen molar-refractivity contribution in [1.82, 2.24) is 9.97 Å². The summed E-state index contributed by atoms with van der Waals surface area (Å²) in [4.78, 5) is 7.40. The van der Waals surface area contributed by atoms with Crippen molar-refractivity contribution in [2.24, 2.45) is 0 Å². The van der Waals surface area contributed by atoms with Crippen LogP contribution in [0.3, 0.4) is 0 Å². The summed E-state index contributed by atoms with van der Waals surface area (Å²) < 4.78 is 0. The van der Waals surface area contributed by atoms with Crippen LogP contribution in [0.4, 0.5) is 0 Å². The zero-order valence-electron chi connectivity index (χ0n) is 6.35. The van der Waals surface area contributed by atoms with E-state index < -0.39 is 0 Å². The van der Waals surface area contributed by atoms with Gasteiger partial charge in [0.25, 0.3) is 0 Å². The second-order valence-electron chi connectivity index (χ2n) is 2.00. The topological polar surface area (TPSA) is 28.7 Å². The molecule has 0 aliphatic carbocycles. The van der Waals surface area contributed by atoms with Gasteiger partial charge < -0.3 is 4.98 Å². The van der Waals surface area contributed by atoms with E-state index in [4.69, 9.17) is 0 Å². The summed E-state index contributed by atoms with van der Waals surface area (Å²) in [5.74, 6) is 1.08. The second kappa shape index (κ2) is 3.66. The van der Waals surface area contributed by atoms with Gasteiger partial charge in [0.2, 0.25) is 0 Å². The Labute approximate surface area is 65.4 Å². The summed E-state index contributed by atoms with van der Waals surface area (Å²) in [5.41, 5.74) is 1.22. The molecule has 0 radical (unpaired) electrons. The summed E-state index contributed by atoms with van der Waals surface area (Å²) >= 11 is 1.74. The number of aryl methyl sites for hydroxylation is 1. The molecule has 1 N–H and O–H groups in total. The van der Waals surface area contributed by atoms with Crippen molar-refractivity contribution in [1.29, 1.82) is 0 Å². The highest BCUT2D eigenvalue weighted by Crippen LogP contribution is 2.12. The van der Waals surface area contributed by atoms with Crippen molar-refractivity contribution in [2.45, 2.75) is 25.4 Å². The van der Waals surface area contributed by atoms with Crippen molar-refractivity contribution in [2.75, 3.05) is 5.75 Å². The second-order valence-corrected chi connectivity index (χ2v) is 3.25. The molecule has 2 nitrogen and oxygen atoms in total. The van der Waals surface area contributed by atoms with Gasteiger partial charge in [-0.3, -0.25) is 0 Å². The molecule has 1 rings (SSSR count). The monoisotopic (exact) mass is 156 g/mol. The fourth-order valence-electron chi connectivity index (χ4n) is 0.728. The molecule has 0 bridgehead atoms. The van der Waals surface area contributed by atoms with Crippen molar-refractivity contribution in [3.8, 4) is 0 Å². The lowest BCUT2D eigenvalue weighted by Crippen LogP contribution is -1.78. The molecule has 0 aliphatic rings. The minimum atomic E-state index is 1.04. The van der Waals surface area contributed by atoms with Crippen molar-refractivity contribution >= 4 is 11.8 Å². The Bertz CT molecular complexity index is 195. The molecule has 0 spiro atoms. The predicted molar refractivity (Wildman–Crippen MR) is 44.4 cm³/mol. The van der Waals surface area contributed by atoms with E-state index in [0.29, 0.717) is 0 Å². The van der Waals surface area contributed by atoms with Gasteiger partial charge in [-0.25, -0.2) is 4.98 Å². The Balaban J connectivity index is 2.59. The lowest BCUT2D eigenvalue weighted by molar-refractivity contribution is 0.994. The van der Waals surface area contributed by atoms with Crippen molar-refractivity contribution in [3.05, 3.63) is 11.9 Å². The first-order valence-corrected chi connectivity index (χ1v) is 4.52. The highest BCUT2D eigenvalue weighted by Gasteiger charge is 1.95. The smallest absolute Gasteiger partial charge is 0.165 e. The number of thioether (sulfide) groups is 1. The number of H-pyrrole nitrogens is 1. The number of hydrogen-bond donors (Lipinski definition) is 1. The molecular formula is C7H12N2S. The minimum absolute atomic E-state index is 1.04. The third-order valence-corrected chi connectivity index (χ3v) is 2.04. The molecule has 0 saturated carbocycles. The van der Waals surface area contributed by atoms with Gasteiger partial charge in [-0.15, -0.1) is 0 Å². The van der Waals surface area contributed by atoms with Crippen LogP contribution in [0.1, 0.15) is 19.5 Å². The zero-order valence-corrected chi connectivity index (χ0v) is 7.16. The quantitative estimate of drug-likeness (QED) is 0.679. The number of nitrogens with one attached hydrogen (secondary N) is 1. The number of imidazole rings is 1. The summed E-state index contributed by atoms with van der Waals surface area (Å²) in [6, 6.07) is 0. The molecule has 10 heavy (non-hydrogen) atoms. The number of nitrogens with zero attached hydrogens (tertiary/aromatic N) is 1. The fourth-order valence-corrected chi connectivity index (χ4v) is 1.33. The lowest BCUT2D eigenvalue weighted by Gasteiger charge is -1.88. The van der Waals surface area contributed by atoms with E-state index >= 15 is 0 Å². The molecule has 0 aliphatic heterocycles. The van der Waals surface area contributed by atoms with Gasteiger partial charge in [-0.2, -0.15) is 0 Å². The van der Waals surface area contributed by atoms with Crippen LogP contribution >= 0.6 is 11.8 Å². The van der Waals surface area contributed by atoms with Gasteiger partial charge in [-0.1, -0.05) is 25.6 Å². The fraction of sp³-hybridized carbons (Fsp3) is 0.571. The van der Waals surface area contributed by atoms with Crippen LogP contribution < -0.4 is 0 Å². The van der Waals surface area contributed by atoms with Gasteiger partial charge >= 0.3 is 0 Å². The van der Waals surface area contributed by atoms with E-state index in [1.807, 2.05) is 6.20 Å². The molecule has 0 unspecified atom stereocenters. The Hall–Kier alpha value is -0.440. The number of rotatable bonds is 3. The van der Waals surface area contributed by atoms with Crippen LogP contribution in [-0.4, -0.2) is 15.7 Å². The molecule has 0 fully saturated rings. The zero-order chi connectivity index (χ0) is 7.40. The molecule has 1 heterocycles. The largest absolute Gasteiger partial charge is 0.337 e. The molecule has 0 saturated heterocycles. The maximum absolute atomic E-state index is 4.18. The molecule has 0 atom stereocenters. The van der Waals surface area contributed by atoms with Crippen LogP contribution in [-0.2, 0) is 6.42 Å². The highest BCUT2D eigenvalue weighted by molar-refractivity contribution is 7.99. The molecule has 1 aromatic heterocycles. The molecule has 1 aromatic rings. The summed E-state index contributed by atoms with van der Waals surface area (Å²) in [5, 5.41) is 1.04. The molecule has 3 heteroatoms. The summed E-state index contributed by atoms with van der Waals surface area (Å²) in [7, 11) is 0. The Morgan fingerprint density at radius 1 is 1.60 bits per heavy atom. The molecular weight excluding hydrogens is 144 g/mol. The SMILES string of the molecule is CCSc1ncc(CC)[nH]1. The van der Waals surface area contributed by atoms with E-state index in [9.17, 15) is 0 Å². The maximum Gasteiger partial charge on any atom is 0.165 e. The number of hydrogen-bond acceptors (Lipinski definition) is 2. The predicted octanol–water partition coefficient (Wildman–Crippen LogP) is 2.08. The number of aromatic amines is 1. The molecule has 0 amide bonds. The van der Waals surface area contributed by atoms with E-state index in [1.54, 1.807) is 11.8 Å². The van der Waals surface area contributed by atoms with Crippen LogP contribution in [0, 0.1) is 0 Å². The Morgan fingerprint density at radius 3 is 2.90 bits per heavy atom. The Morgan fingerprint density at radius 2 is 2.40 bits per heavy atom. The van der Waals surface area contributed by atoms with E-state index in [-0.39, 0.29) is 0 Å². The van der Waals surface area contributed by atoms with Crippen molar-refractivity contribution < 1.29 is 0 Å². The summed E-state index contributed by atoms with van der Waals surface area (Å²) in [6.45, 7) is 4.24. The first kappa shape index (κ1) is 7.66. The third-order valence-electron chi connectivity index (χ3n) is 1.27. The Kier molecular flexibility index (Phi) is 2.81. The van der Waals surface area contributed by atoms with Crippen molar-refractivity contribution in [3.63, 3.8) is 0 Å². The summed E-state index contributed by atoms with van der Waals surface area (Å²) in [6.07, 6.45) is 2.94. The van der Waals surface area contributed by atoms with Crippen LogP contribution in [0.5, 0.6) is 0 Å². The average Bonchev–Trinajstić information content (AvgIpc) is 2.37. The molecule has 56 valence electrons. The first-order valence-electron chi connectivity index (χ1n) is 3.53. The van der Waals surface area contributed by atoms with Crippen LogP contribution in [0.15, 0.2) is 11.4 Å². The van der Waals surface area contributed by atoms with Crippen LogP contribution in [0.2, 0.25) is 0 Å². The average molecular weight is 156 g/mol. The van der Waals surface area contributed by atoms with Gasteiger partial charge in [0.05, 0.1) is 0 Å². The third kappa shape index (κ3) is 1.77. The lowest BCUT2D eigenvalue weighted by atomic mass is 10.4. The maximum atomic E-state index is 4.18. The van der Waals surface area contributed by atoms with Gasteiger partial charge in [0.15, 0.2) is 5.16 Å². The van der Waals surface area contributed by atoms with E-state index in [2.05, 4.69) is 23.8 Å². The van der Waals surface area contributed by atoms with E-state index in [0.717, 1.165) is 17.3 Å². The van der Waals surface area contributed by atoms with E-state index in [1.165, 1.54) is 5.69 Å². The van der Waals surface area contributed by atoms with Gasteiger partial charge in [0.1, 0.15) is 0 Å². The highest BCUT2D eigenvalue weighted by atomic mass is 32.2. The first-order chi connectivity index (χ1) is 4.86. The number of aromatic nitrogens is 2. The standard InChI is InChI=1S/C7H12N2S/c1-3-6-5-8-7(9-6)10-4-2/h5H,3-4H2,1-2H3,(H,8,9). The van der Waals surface area contributed by atoms with Gasteiger partial charge in [0, 0.05) is 11.9 Å². The van der Waals surface area contributed by atoms with Gasteiger partial charge in [-0.05, 0) is 12.2 Å². The van der Waals surface area contributed by atoms with Crippen LogP contribution in [0.25, 0.3) is 0 Å². The minimum Gasteiger partial charge on any atom is -0.337 e. The molecule has 0 aromatic carbocycles.